The Bertz CT molecular complexity index is 463. The molecule has 0 amide bonds. The van der Waals surface area contributed by atoms with Crippen molar-refractivity contribution < 1.29 is 4.79 Å². The van der Waals surface area contributed by atoms with Crippen LogP contribution in [0, 0.1) is 0 Å². The van der Waals surface area contributed by atoms with E-state index in [0.29, 0.717) is 5.69 Å². The molecule has 0 aliphatic heterocycles. The number of hydrogen-bond acceptors (Lipinski definition) is 2. The van der Waals surface area contributed by atoms with Crippen LogP contribution in [0.15, 0.2) is 36.5 Å². The Morgan fingerprint density at radius 2 is 1.73 bits per heavy atom. The van der Waals surface area contributed by atoms with Crippen LogP contribution in [0.2, 0.25) is 0 Å². The van der Waals surface area contributed by atoms with E-state index in [0.717, 1.165) is 10.8 Å². The zero-order chi connectivity index (χ0) is 11.3. The van der Waals surface area contributed by atoms with Crippen molar-refractivity contribution in [2.45, 2.75) is 20.8 Å². The first-order valence-corrected chi connectivity index (χ1v) is 5.13. The van der Waals surface area contributed by atoms with Gasteiger partial charge in [-0.05, 0) is 11.5 Å². The van der Waals surface area contributed by atoms with Crippen LogP contribution >= 0.6 is 0 Å². The molecule has 0 saturated carbocycles. The first kappa shape index (κ1) is 11.4. The highest BCUT2D eigenvalue weighted by atomic mass is 16.1. The molecule has 78 valence electrons. The third-order valence-electron chi connectivity index (χ3n) is 1.99. The van der Waals surface area contributed by atoms with Gasteiger partial charge in [-0.1, -0.05) is 38.1 Å². The average molecular weight is 201 g/mol. The summed E-state index contributed by atoms with van der Waals surface area (Å²) in [6, 6.07) is 9.68. The SMILES string of the molecule is CC.CC(=O)c1cc2ccccc2cn1. The Morgan fingerprint density at radius 1 is 1.13 bits per heavy atom. The van der Waals surface area contributed by atoms with Crippen LogP contribution in [0.3, 0.4) is 0 Å². The van der Waals surface area contributed by atoms with Gasteiger partial charge >= 0.3 is 0 Å². The van der Waals surface area contributed by atoms with E-state index in [1.54, 1.807) is 6.20 Å². The molecule has 0 aliphatic carbocycles. The van der Waals surface area contributed by atoms with Gasteiger partial charge in [-0.15, -0.1) is 0 Å². The van der Waals surface area contributed by atoms with E-state index in [4.69, 9.17) is 0 Å². The minimum absolute atomic E-state index is 0.00533. The number of rotatable bonds is 1. The molecule has 0 fully saturated rings. The Balaban J connectivity index is 0.000000531. The molecule has 0 radical (unpaired) electrons. The average Bonchev–Trinajstić information content (AvgIpc) is 2.31. The number of fused-ring (bicyclic) bond motifs is 1. The fourth-order valence-corrected chi connectivity index (χ4v) is 1.28. The van der Waals surface area contributed by atoms with Gasteiger partial charge in [-0.2, -0.15) is 0 Å². The summed E-state index contributed by atoms with van der Waals surface area (Å²) in [6.07, 6.45) is 1.73. The van der Waals surface area contributed by atoms with Crippen LogP contribution < -0.4 is 0 Å². The molecular weight excluding hydrogens is 186 g/mol. The van der Waals surface area contributed by atoms with E-state index in [1.165, 1.54) is 6.92 Å². The lowest BCUT2D eigenvalue weighted by atomic mass is 10.1. The number of carbonyl (C=O) groups is 1. The highest BCUT2D eigenvalue weighted by Gasteiger charge is 2.00. The molecule has 0 aliphatic rings. The number of carbonyl (C=O) groups excluding carboxylic acids is 1. The molecule has 1 aromatic heterocycles. The first-order chi connectivity index (χ1) is 7.27. The van der Waals surface area contributed by atoms with Gasteiger partial charge in [-0.25, -0.2) is 0 Å². The lowest BCUT2D eigenvalue weighted by Crippen LogP contribution is -1.95. The van der Waals surface area contributed by atoms with Gasteiger partial charge in [0.2, 0.25) is 0 Å². The predicted octanol–water partition coefficient (Wildman–Crippen LogP) is 3.46. The van der Waals surface area contributed by atoms with Crippen molar-refractivity contribution in [1.82, 2.24) is 4.98 Å². The van der Waals surface area contributed by atoms with E-state index in [1.807, 2.05) is 44.2 Å². The first-order valence-electron chi connectivity index (χ1n) is 5.13. The highest BCUT2D eigenvalue weighted by Crippen LogP contribution is 2.13. The topological polar surface area (TPSA) is 30.0 Å². The number of hydrogen-bond donors (Lipinski definition) is 0. The van der Waals surface area contributed by atoms with Gasteiger partial charge in [0.25, 0.3) is 0 Å². The monoisotopic (exact) mass is 201 g/mol. The van der Waals surface area contributed by atoms with Crippen LogP contribution in [0.25, 0.3) is 10.8 Å². The number of Topliss-reactive ketones (excluding diaryl/α,β-unsaturated/α-hetero) is 1. The summed E-state index contributed by atoms with van der Waals surface area (Å²) >= 11 is 0. The fraction of sp³-hybridized carbons (Fsp3) is 0.231. The van der Waals surface area contributed by atoms with E-state index >= 15 is 0 Å². The second-order valence-corrected chi connectivity index (χ2v) is 2.97. The molecule has 0 saturated heterocycles. The quantitative estimate of drug-likeness (QED) is 0.661. The summed E-state index contributed by atoms with van der Waals surface area (Å²) < 4.78 is 0. The lowest BCUT2D eigenvalue weighted by Gasteiger charge is -1.98. The van der Waals surface area contributed by atoms with Crippen LogP contribution in [0.5, 0.6) is 0 Å². The molecule has 0 spiro atoms. The Labute approximate surface area is 90.0 Å². The molecule has 2 heteroatoms. The molecule has 15 heavy (non-hydrogen) atoms. The molecule has 0 unspecified atom stereocenters. The van der Waals surface area contributed by atoms with Gasteiger partial charge in [0.15, 0.2) is 5.78 Å². The Hall–Kier alpha value is -1.70. The van der Waals surface area contributed by atoms with E-state index in [-0.39, 0.29) is 5.78 Å². The zero-order valence-corrected chi connectivity index (χ0v) is 9.32. The molecule has 2 nitrogen and oxygen atoms in total. The van der Waals surface area contributed by atoms with Crippen molar-refractivity contribution >= 4 is 16.6 Å². The second-order valence-electron chi connectivity index (χ2n) is 2.97. The largest absolute Gasteiger partial charge is 0.293 e. The smallest absolute Gasteiger partial charge is 0.178 e. The molecule has 0 atom stereocenters. The number of aromatic nitrogens is 1. The van der Waals surface area contributed by atoms with Crippen molar-refractivity contribution in [2.24, 2.45) is 0 Å². The Kier molecular flexibility index (Phi) is 3.98. The summed E-state index contributed by atoms with van der Waals surface area (Å²) in [7, 11) is 0. The van der Waals surface area contributed by atoms with Crippen molar-refractivity contribution in [2.75, 3.05) is 0 Å². The second kappa shape index (κ2) is 5.25. The Morgan fingerprint density at radius 3 is 2.33 bits per heavy atom. The van der Waals surface area contributed by atoms with Gasteiger partial charge < -0.3 is 0 Å². The summed E-state index contributed by atoms with van der Waals surface area (Å²) in [5, 5.41) is 2.12. The molecular formula is C13H15NO. The summed E-state index contributed by atoms with van der Waals surface area (Å²) in [5.41, 5.74) is 0.527. The van der Waals surface area contributed by atoms with Crippen molar-refractivity contribution in [1.29, 1.82) is 0 Å². The van der Waals surface area contributed by atoms with Crippen LogP contribution in [0.4, 0.5) is 0 Å². The van der Waals surface area contributed by atoms with E-state index in [2.05, 4.69) is 4.98 Å². The maximum Gasteiger partial charge on any atom is 0.178 e. The van der Waals surface area contributed by atoms with E-state index in [9.17, 15) is 4.79 Å². The van der Waals surface area contributed by atoms with Gasteiger partial charge in [-0.3, -0.25) is 9.78 Å². The van der Waals surface area contributed by atoms with Gasteiger partial charge in [0, 0.05) is 18.5 Å². The normalized spacial score (nSPS) is 9.27. The third-order valence-corrected chi connectivity index (χ3v) is 1.99. The lowest BCUT2D eigenvalue weighted by molar-refractivity contribution is 0.101. The third kappa shape index (κ3) is 2.62. The van der Waals surface area contributed by atoms with Gasteiger partial charge in [0.05, 0.1) is 0 Å². The molecule has 0 N–H and O–H groups in total. The zero-order valence-electron chi connectivity index (χ0n) is 9.32. The van der Waals surface area contributed by atoms with Crippen LogP contribution in [-0.2, 0) is 0 Å². The minimum atomic E-state index is 0.00533. The van der Waals surface area contributed by atoms with Crippen LogP contribution in [-0.4, -0.2) is 10.8 Å². The fourth-order valence-electron chi connectivity index (χ4n) is 1.28. The predicted molar refractivity (Wildman–Crippen MR) is 63.1 cm³/mol. The van der Waals surface area contributed by atoms with Gasteiger partial charge in [0.1, 0.15) is 5.69 Å². The summed E-state index contributed by atoms with van der Waals surface area (Å²) in [5.74, 6) is 0.00533. The minimum Gasteiger partial charge on any atom is -0.293 e. The number of pyridine rings is 1. The summed E-state index contributed by atoms with van der Waals surface area (Å²) in [6.45, 7) is 5.52. The van der Waals surface area contributed by atoms with Crippen molar-refractivity contribution in [3.05, 3.63) is 42.2 Å². The summed E-state index contributed by atoms with van der Waals surface area (Å²) in [4.78, 5) is 15.1. The maximum atomic E-state index is 11.0. The van der Waals surface area contributed by atoms with Crippen molar-refractivity contribution in [3.8, 4) is 0 Å². The van der Waals surface area contributed by atoms with Crippen molar-refractivity contribution in [3.63, 3.8) is 0 Å². The molecule has 2 rings (SSSR count). The van der Waals surface area contributed by atoms with Crippen LogP contribution in [0.1, 0.15) is 31.3 Å². The molecule has 0 bridgehead atoms. The highest BCUT2D eigenvalue weighted by molar-refractivity contribution is 5.96. The number of benzene rings is 1. The number of ketones is 1. The maximum absolute atomic E-state index is 11.0. The number of nitrogens with zero attached hydrogens (tertiary/aromatic N) is 1. The molecule has 1 heterocycles. The standard InChI is InChI=1S/C11H9NO.C2H6/c1-8(13)11-6-9-4-2-3-5-10(9)7-12-11;1-2/h2-7H,1H3;1-2H3. The van der Waals surface area contributed by atoms with E-state index < -0.39 is 0 Å². The molecule has 2 aromatic rings. The molecule has 1 aromatic carbocycles.